The Morgan fingerprint density at radius 3 is 2.67 bits per heavy atom. The summed E-state index contributed by atoms with van der Waals surface area (Å²) >= 11 is 0. The number of hydrogen-bond donors (Lipinski definition) is 2. The highest BCUT2D eigenvalue weighted by Gasteiger charge is 2.31. The molecule has 0 bridgehead atoms. The van der Waals surface area contributed by atoms with E-state index >= 15 is 0 Å². The number of ether oxygens (including phenoxy) is 1. The molecule has 0 aliphatic carbocycles. The van der Waals surface area contributed by atoms with Crippen molar-refractivity contribution < 1.29 is 26.3 Å². The minimum absolute atomic E-state index is 0.000189. The van der Waals surface area contributed by atoms with Crippen LogP contribution in [0.25, 0.3) is 0 Å². The summed E-state index contributed by atoms with van der Waals surface area (Å²) in [7, 11) is -2.93. The van der Waals surface area contributed by atoms with Gasteiger partial charge in [0.25, 0.3) is 10.2 Å². The lowest BCUT2D eigenvalue weighted by atomic mass is 10.3. The van der Waals surface area contributed by atoms with Crippen LogP contribution < -0.4 is 10.0 Å². The maximum absolute atomic E-state index is 11.9. The quantitative estimate of drug-likeness (QED) is 0.703. The number of hydrogen-bond acceptors (Lipinski definition) is 4. The third-order valence-electron chi connectivity index (χ3n) is 2.33. The number of rotatable bonds is 5. The van der Waals surface area contributed by atoms with E-state index in [1.165, 1.54) is 11.8 Å². The first-order valence-corrected chi connectivity index (χ1v) is 6.75. The van der Waals surface area contributed by atoms with Gasteiger partial charge in [-0.15, -0.1) is 0 Å². The van der Waals surface area contributed by atoms with Crippen molar-refractivity contribution in [1.82, 2.24) is 14.3 Å². The zero-order chi connectivity index (χ0) is 13.8. The summed E-state index contributed by atoms with van der Waals surface area (Å²) in [6, 6.07) is 0. The first kappa shape index (κ1) is 15.6. The Morgan fingerprint density at radius 1 is 1.50 bits per heavy atom. The molecule has 0 aromatic carbocycles. The highest BCUT2D eigenvalue weighted by molar-refractivity contribution is 7.87. The van der Waals surface area contributed by atoms with Gasteiger partial charge in [0.1, 0.15) is 6.54 Å². The molecule has 1 aliphatic heterocycles. The highest BCUT2D eigenvalue weighted by atomic mass is 32.2. The summed E-state index contributed by atoms with van der Waals surface area (Å²) in [5.74, 6) is 0. The Kier molecular flexibility index (Phi) is 5.34. The van der Waals surface area contributed by atoms with Gasteiger partial charge in [0.2, 0.25) is 0 Å². The summed E-state index contributed by atoms with van der Waals surface area (Å²) in [6.45, 7) is 0.0244. The molecule has 6 nitrogen and oxygen atoms in total. The van der Waals surface area contributed by atoms with E-state index in [1.54, 1.807) is 0 Å². The largest absolute Gasteiger partial charge is 0.402 e. The van der Waals surface area contributed by atoms with Crippen LogP contribution in [0.15, 0.2) is 0 Å². The minimum atomic E-state index is -4.57. The van der Waals surface area contributed by atoms with Crippen LogP contribution in [0.2, 0.25) is 0 Å². The van der Waals surface area contributed by atoms with Crippen molar-refractivity contribution in [2.45, 2.75) is 12.3 Å². The van der Waals surface area contributed by atoms with Crippen LogP contribution in [0.1, 0.15) is 0 Å². The summed E-state index contributed by atoms with van der Waals surface area (Å²) in [6.07, 6.45) is -4.93. The molecule has 0 spiro atoms. The Morgan fingerprint density at radius 2 is 2.17 bits per heavy atom. The molecule has 1 rings (SSSR count). The molecule has 18 heavy (non-hydrogen) atoms. The number of nitrogens with one attached hydrogen (secondary N) is 2. The van der Waals surface area contributed by atoms with Crippen LogP contribution in [-0.4, -0.2) is 64.8 Å². The van der Waals surface area contributed by atoms with Crippen LogP contribution >= 0.6 is 0 Å². The molecule has 0 saturated carbocycles. The third-order valence-corrected chi connectivity index (χ3v) is 3.81. The molecule has 0 aromatic heterocycles. The minimum Gasteiger partial charge on any atom is -0.374 e. The average Bonchev–Trinajstić information content (AvgIpc) is 2.27. The van der Waals surface area contributed by atoms with Crippen LogP contribution in [-0.2, 0) is 14.9 Å². The average molecular weight is 291 g/mol. The molecule has 1 fully saturated rings. The van der Waals surface area contributed by atoms with Gasteiger partial charge in [-0.05, 0) is 0 Å². The fourth-order valence-corrected chi connectivity index (χ4v) is 2.33. The monoisotopic (exact) mass is 291 g/mol. The van der Waals surface area contributed by atoms with Crippen LogP contribution in [0, 0.1) is 0 Å². The molecule has 0 aromatic rings. The zero-order valence-corrected chi connectivity index (χ0v) is 10.6. The van der Waals surface area contributed by atoms with Crippen LogP contribution in [0.4, 0.5) is 13.2 Å². The Labute approximate surface area is 104 Å². The molecule has 2 N–H and O–H groups in total. The number of nitrogens with zero attached hydrogens (tertiary/aromatic N) is 1. The van der Waals surface area contributed by atoms with Crippen molar-refractivity contribution in [3.05, 3.63) is 0 Å². The third kappa shape index (κ3) is 5.48. The second-order valence-corrected chi connectivity index (χ2v) is 5.78. The van der Waals surface area contributed by atoms with E-state index < -0.39 is 22.9 Å². The van der Waals surface area contributed by atoms with Gasteiger partial charge >= 0.3 is 6.18 Å². The van der Waals surface area contributed by atoms with Gasteiger partial charge in [0.05, 0.1) is 12.7 Å². The van der Waals surface area contributed by atoms with Crippen LogP contribution in [0.3, 0.4) is 0 Å². The number of halogens is 3. The number of morpholine rings is 1. The van der Waals surface area contributed by atoms with E-state index in [-0.39, 0.29) is 12.6 Å². The second-order valence-electron chi connectivity index (χ2n) is 3.92. The molecule has 1 saturated heterocycles. The van der Waals surface area contributed by atoms with E-state index in [2.05, 4.69) is 5.32 Å². The van der Waals surface area contributed by atoms with E-state index in [9.17, 15) is 21.6 Å². The van der Waals surface area contributed by atoms with Gasteiger partial charge in [0, 0.05) is 26.7 Å². The summed E-state index contributed by atoms with van der Waals surface area (Å²) in [5, 5.41) is 3.00. The maximum atomic E-state index is 11.9. The maximum Gasteiger partial charge on any atom is 0.402 e. The summed E-state index contributed by atoms with van der Waals surface area (Å²) < 4.78 is 66.3. The molecule has 1 heterocycles. The fraction of sp³-hybridized carbons (Fsp3) is 1.00. The van der Waals surface area contributed by atoms with Crippen molar-refractivity contribution in [3.63, 3.8) is 0 Å². The predicted molar refractivity (Wildman–Crippen MR) is 58.2 cm³/mol. The Hall–Kier alpha value is -0.420. The van der Waals surface area contributed by atoms with Crippen LogP contribution in [0.5, 0.6) is 0 Å². The van der Waals surface area contributed by atoms with Gasteiger partial charge in [-0.3, -0.25) is 0 Å². The molecule has 0 amide bonds. The van der Waals surface area contributed by atoms with Crippen molar-refractivity contribution in [1.29, 1.82) is 0 Å². The smallest absolute Gasteiger partial charge is 0.374 e. The summed E-state index contributed by atoms with van der Waals surface area (Å²) in [5.41, 5.74) is 0. The Balaban J connectivity index is 2.45. The fourth-order valence-electron chi connectivity index (χ4n) is 1.41. The lowest BCUT2D eigenvalue weighted by Crippen LogP contribution is -2.49. The number of likely N-dealkylation sites (N-methyl/N-ethyl adjacent to an activating group) is 1. The van der Waals surface area contributed by atoms with Crippen molar-refractivity contribution in [3.8, 4) is 0 Å². The molecule has 108 valence electrons. The molecule has 10 heteroatoms. The van der Waals surface area contributed by atoms with Crippen molar-refractivity contribution >= 4 is 10.2 Å². The van der Waals surface area contributed by atoms with E-state index in [4.69, 9.17) is 4.74 Å². The molecule has 1 aliphatic rings. The first-order valence-electron chi connectivity index (χ1n) is 5.31. The lowest BCUT2D eigenvalue weighted by molar-refractivity contribution is -0.121. The number of alkyl halides is 3. The topological polar surface area (TPSA) is 70.7 Å². The van der Waals surface area contributed by atoms with E-state index in [0.29, 0.717) is 19.7 Å². The van der Waals surface area contributed by atoms with Crippen molar-refractivity contribution in [2.75, 3.05) is 39.8 Å². The molecular formula is C8H16F3N3O3S. The van der Waals surface area contributed by atoms with Gasteiger partial charge in [0.15, 0.2) is 0 Å². The normalized spacial score (nSPS) is 22.4. The standard InChI is InChI=1S/C8H16F3N3O3S/c1-14(5-7-4-12-2-3-17-7)18(15,16)13-6-8(9,10)11/h7,12-13H,2-6H2,1H3. The van der Waals surface area contributed by atoms with Gasteiger partial charge < -0.3 is 10.1 Å². The van der Waals surface area contributed by atoms with E-state index in [0.717, 1.165) is 4.31 Å². The Bertz CT molecular complexity index is 354. The summed E-state index contributed by atoms with van der Waals surface area (Å²) in [4.78, 5) is 0. The van der Waals surface area contributed by atoms with Gasteiger partial charge in [-0.25, -0.2) is 0 Å². The predicted octanol–water partition coefficient (Wildman–Crippen LogP) is -0.697. The van der Waals surface area contributed by atoms with E-state index in [1.807, 2.05) is 0 Å². The molecule has 0 radical (unpaired) electrons. The van der Waals surface area contributed by atoms with Gasteiger partial charge in [-0.1, -0.05) is 0 Å². The molecular weight excluding hydrogens is 275 g/mol. The molecule has 1 unspecified atom stereocenters. The first-order chi connectivity index (χ1) is 8.21. The SMILES string of the molecule is CN(CC1CNCCO1)S(=O)(=O)NCC(F)(F)F. The second kappa shape index (κ2) is 6.15. The highest BCUT2D eigenvalue weighted by Crippen LogP contribution is 2.13. The zero-order valence-electron chi connectivity index (χ0n) is 9.83. The molecule has 1 atom stereocenters. The van der Waals surface area contributed by atoms with Gasteiger partial charge in [-0.2, -0.15) is 30.6 Å². The lowest BCUT2D eigenvalue weighted by Gasteiger charge is -2.27. The van der Waals surface area contributed by atoms with Crippen molar-refractivity contribution in [2.24, 2.45) is 0 Å².